The van der Waals surface area contributed by atoms with Crippen molar-refractivity contribution >= 4 is 43.9 Å². The summed E-state index contributed by atoms with van der Waals surface area (Å²) < 4.78 is 32.6. The second kappa shape index (κ2) is 8.26. The number of morpholine rings is 1. The van der Waals surface area contributed by atoms with E-state index in [4.69, 9.17) is 4.74 Å². The molecule has 0 aliphatic carbocycles. The van der Waals surface area contributed by atoms with Gasteiger partial charge in [0, 0.05) is 24.0 Å². The molecule has 1 aliphatic heterocycles. The van der Waals surface area contributed by atoms with E-state index >= 15 is 0 Å². The number of fused-ring (bicyclic) bond motifs is 3. The molecule has 1 amide bonds. The first-order valence-electron chi connectivity index (χ1n) is 10.1. The van der Waals surface area contributed by atoms with E-state index in [-0.39, 0.29) is 23.2 Å². The highest BCUT2D eigenvalue weighted by Crippen LogP contribution is 2.27. The monoisotopic (exact) mass is 452 g/mol. The van der Waals surface area contributed by atoms with Gasteiger partial charge in [0.15, 0.2) is 5.65 Å². The number of hydrogen-bond acceptors (Lipinski definition) is 7. The predicted octanol–water partition coefficient (Wildman–Crippen LogP) is 1.71. The summed E-state index contributed by atoms with van der Waals surface area (Å²) in [4.78, 5) is 19.9. The summed E-state index contributed by atoms with van der Waals surface area (Å²) in [6, 6.07) is 14.1. The van der Waals surface area contributed by atoms with Gasteiger partial charge in [-0.25, -0.2) is 8.42 Å². The first-order valence-corrected chi connectivity index (χ1v) is 11.5. The first-order chi connectivity index (χ1) is 15.5. The Bertz CT molecular complexity index is 1400. The fourth-order valence-electron chi connectivity index (χ4n) is 3.65. The number of nitrogens with one attached hydrogen (secondary N) is 2. The molecule has 1 saturated heterocycles. The van der Waals surface area contributed by atoms with Crippen molar-refractivity contribution in [2.75, 3.05) is 31.6 Å². The van der Waals surface area contributed by atoms with E-state index in [0.29, 0.717) is 48.4 Å². The van der Waals surface area contributed by atoms with Gasteiger partial charge in [0.05, 0.1) is 24.5 Å². The summed E-state index contributed by atoms with van der Waals surface area (Å²) in [6.45, 7) is 1.40. The average Bonchev–Trinajstić information content (AvgIpc) is 3.17. The number of nitrogens with zero attached hydrogens (tertiary/aromatic N) is 4. The van der Waals surface area contributed by atoms with Crippen molar-refractivity contribution in [3.8, 4) is 0 Å². The summed E-state index contributed by atoms with van der Waals surface area (Å²) in [5, 5.41) is 11.4. The number of amides is 1. The van der Waals surface area contributed by atoms with Crippen LogP contribution in [0.25, 0.3) is 22.1 Å². The smallest absolute Gasteiger partial charge is 0.251 e. The molecule has 0 radical (unpaired) electrons. The maximum absolute atomic E-state index is 13.0. The van der Waals surface area contributed by atoms with E-state index in [1.54, 1.807) is 18.2 Å². The van der Waals surface area contributed by atoms with Crippen LogP contribution >= 0.6 is 0 Å². The molecule has 11 heteroatoms. The minimum Gasteiger partial charge on any atom is -0.379 e. The minimum atomic E-state index is -3.64. The van der Waals surface area contributed by atoms with E-state index in [1.807, 2.05) is 30.3 Å². The van der Waals surface area contributed by atoms with Crippen LogP contribution in [0.4, 0.5) is 5.95 Å². The third-order valence-electron chi connectivity index (χ3n) is 5.25. The Labute approximate surface area is 183 Å². The zero-order valence-corrected chi connectivity index (χ0v) is 17.8. The fraction of sp³-hybridized carbons (Fsp3) is 0.238. The quantitative estimate of drug-likeness (QED) is 0.471. The van der Waals surface area contributed by atoms with Crippen molar-refractivity contribution in [3.05, 3.63) is 54.1 Å². The molecule has 3 heterocycles. The van der Waals surface area contributed by atoms with Gasteiger partial charge in [0.1, 0.15) is 5.52 Å². The zero-order valence-electron chi connectivity index (χ0n) is 17.0. The first kappa shape index (κ1) is 20.5. The number of aromatic amines is 1. The molecule has 10 nitrogen and oxygen atoms in total. The number of H-pyrrole nitrogens is 1. The third kappa shape index (κ3) is 3.93. The standard InChI is InChI=1S/C21H20N6O4S/c28-18(12-14-4-2-1-3-5-14)23-21-24-20-19(25-26-21)16-13-15(6-7-17(16)22-20)32(29,30)27-8-10-31-11-9-27/h1-7,13H,8-12H2,(H2,22,23,24,26,28). The lowest BCUT2D eigenvalue weighted by Crippen LogP contribution is -2.40. The summed E-state index contributed by atoms with van der Waals surface area (Å²) in [6.07, 6.45) is 0.192. The summed E-state index contributed by atoms with van der Waals surface area (Å²) >= 11 is 0. The molecule has 2 N–H and O–H groups in total. The van der Waals surface area contributed by atoms with Gasteiger partial charge in [-0.2, -0.15) is 9.29 Å². The average molecular weight is 452 g/mol. The van der Waals surface area contributed by atoms with Gasteiger partial charge in [0.2, 0.25) is 15.9 Å². The van der Waals surface area contributed by atoms with Crippen molar-refractivity contribution in [3.63, 3.8) is 0 Å². The predicted molar refractivity (Wildman–Crippen MR) is 118 cm³/mol. The number of anilines is 1. The van der Waals surface area contributed by atoms with Crippen LogP contribution in [0.1, 0.15) is 5.56 Å². The highest BCUT2D eigenvalue weighted by molar-refractivity contribution is 7.89. The van der Waals surface area contributed by atoms with Crippen LogP contribution in [0.3, 0.4) is 0 Å². The topological polar surface area (TPSA) is 130 Å². The number of benzene rings is 2. The molecule has 0 unspecified atom stereocenters. The van der Waals surface area contributed by atoms with Crippen molar-refractivity contribution in [1.29, 1.82) is 0 Å². The highest BCUT2D eigenvalue weighted by atomic mass is 32.2. The molecule has 1 fully saturated rings. The number of aromatic nitrogens is 4. The van der Waals surface area contributed by atoms with E-state index in [0.717, 1.165) is 5.56 Å². The van der Waals surface area contributed by atoms with Gasteiger partial charge in [-0.3, -0.25) is 10.1 Å². The van der Waals surface area contributed by atoms with Crippen LogP contribution in [0.2, 0.25) is 0 Å². The molecular formula is C21H20N6O4S. The Hall–Kier alpha value is -3.41. The number of hydrogen-bond donors (Lipinski definition) is 2. The molecule has 0 atom stereocenters. The fourth-order valence-corrected chi connectivity index (χ4v) is 5.08. The second-order valence-electron chi connectivity index (χ2n) is 7.39. The number of carbonyl (C=O) groups is 1. The van der Waals surface area contributed by atoms with Crippen LogP contribution in [0, 0.1) is 0 Å². The second-order valence-corrected chi connectivity index (χ2v) is 9.33. The summed E-state index contributed by atoms with van der Waals surface area (Å²) in [5.41, 5.74) is 2.39. The Balaban J connectivity index is 1.42. The Morgan fingerprint density at radius 3 is 2.66 bits per heavy atom. The van der Waals surface area contributed by atoms with E-state index in [1.165, 1.54) is 4.31 Å². The molecule has 0 spiro atoms. The van der Waals surface area contributed by atoms with Gasteiger partial charge in [0.25, 0.3) is 5.95 Å². The van der Waals surface area contributed by atoms with Crippen LogP contribution in [-0.2, 0) is 26.0 Å². The van der Waals surface area contributed by atoms with Crippen molar-refractivity contribution in [2.45, 2.75) is 11.3 Å². The molecule has 0 saturated carbocycles. The van der Waals surface area contributed by atoms with Crippen molar-refractivity contribution in [1.82, 2.24) is 24.5 Å². The summed E-state index contributed by atoms with van der Waals surface area (Å²) in [5.74, 6) is -0.182. The van der Waals surface area contributed by atoms with Crippen LogP contribution < -0.4 is 5.32 Å². The number of rotatable bonds is 5. The molecule has 2 aromatic carbocycles. The highest BCUT2D eigenvalue weighted by Gasteiger charge is 2.27. The van der Waals surface area contributed by atoms with E-state index in [9.17, 15) is 13.2 Å². The SMILES string of the molecule is O=C(Cc1ccccc1)Nc1nnc2c(n1)[nH]c1ccc(S(=O)(=O)N3CCOCC3)cc12. The molecule has 1 aliphatic rings. The Kier molecular flexibility index (Phi) is 5.29. The van der Waals surface area contributed by atoms with Gasteiger partial charge < -0.3 is 9.72 Å². The molecule has 0 bridgehead atoms. The number of sulfonamides is 1. The molecule has 5 rings (SSSR count). The number of carbonyl (C=O) groups excluding carboxylic acids is 1. The zero-order chi connectivity index (χ0) is 22.1. The molecule has 32 heavy (non-hydrogen) atoms. The maximum atomic E-state index is 13.0. The van der Waals surface area contributed by atoms with Gasteiger partial charge in [-0.15, -0.1) is 10.2 Å². The van der Waals surface area contributed by atoms with E-state index in [2.05, 4.69) is 25.5 Å². The van der Waals surface area contributed by atoms with Gasteiger partial charge >= 0.3 is 0 Å². The Morgan fingerprint density at radius 1 is 1.09 bits per heavy atom. The van der Waals surface area contributed by atoms with Crippen LogP contribution in [-0.4, -0.2) is 65.1 Å². The third-order valence-corrected chi connectivity index (χ3v) is 7.15. The van der Waals surface area contributed by atoms with Crippen LogP contribution in [0.5, 0.6) is 0 Å². The summed E-state index contributed by atoms with van der Waals surface area (Å²) in [7, 11) is -3.64. The molecular weight excluding hydrogens is 432 g/mol. The Morgan fingerprint density at radius 2 is 1.88 bits per heavy atom. The lowest BCUT2D eigenvalue weighted by molar-refractivity contribution is -0.115. The van der Waals surface area contributed by atoms with E-state index < -0.39 is 10.0 Å². The van der Waals surface area contributed by atoms with Crippen molar-refractivity contribution in [2.24, 2.45) is 0 Å². The van der Waals surface area contributed by atoms with Gasteiger partial charge in [-0.05, 0) is 23.8 Å². The van der Waals surface area contributed by atoms with Crippen LogP contribution in [0.15, 0.2) is 53.4 Å². The maximum Gasteiger partial charge on any atom is 0.251 e. The van der Waals surface area contributed by atoms with Crippen molar-refractivity contribution < 1.29 is 17.9 Å². The largest absolute Gasteiger partial charge is 0.379 e. The van der Waals surface area contributed by atoms with Gasteiger partial charge in [-0.1, -0.05) is 30.3 Å². The molecule has 164 valence electrons. The molecule has 4 aromatic rings. The minimum absolute atomic E-state index is 0.0751. The lowest BCUT2D eigenvalue weighted by Gasteiger charge is -2.26. The molecule has 2 aromatic heterocycles. The normalized spacial score (nSPS) is 15.2. The lowest BCUT2D eigenvalue weighted by atomic mass is 10.1. The number of ether oxygens (including phenoxy) is 1.